The molecule has 3 nitrogen and oxygen atoms in total. The van der Waals surface area contributed by atoms with Gasteiger partial charge < -0.3 is 9.47 Å². The molecule has 0 aliphatic rings. The van der Waals surface area contributed by atoms with Crippen LogP contribution in [0.1, 0.15) is 18.1 Å². The summed E-state index contributed by atoms with van der Waals surface area (Å²) in [6.07, 6.45) is 0.0806. The van der Waals surface area contributed by atoms with E-state index in [2.05, 4.69) is 15.9 Å². The molecule has 1 aromatic rings. The van der Waals surface area contributed by atoms with Crippen molar-refractivity contribution in [3.05, 3.63) is 29.1 Å². The summed E-state index contributed by atoms with van der Waals surface area (Å²) < 4.78 is 23.4. The minimum atomic E-state index is -0.355. The number of carbonyl (C=O) groups is 1. The van der Waals surface area contributed by atoms with E-state index in [-0.39, 0.29) is 18.2 Å². The van der Waals surface area contributed by atoms with E-state index in [1.165, 1.54) is 13.2 Å². The van der Waals surface area contributed by atoms with Crippen LogP contribution in [0.15, 0.2) is 12.1 Å². The summed E-state index contributed by atoms with van der Waals surface area (Å²) in [5.41, 5.74) is 1.12. The number of benzene rings is 1. The second-order valence-electron chi connectivity index (χ2n) is 3.37. The average Bonchev–Trinajstić information content (AvgIpc) is 2.31. The van der Waals surface area contributed by atoms with Gasteiger partial charge in [-0.05, 0) is 18.6 Å². The van der Waals surface area contributed by atoms with Crippen molar-refractivity contribution in [3.63, 3.8) is 0 Å². The Hall–Kier alpha value is -1.10. The van der Waals surface area contributed by atoms with Crippen molar-refractivity contribution >= 4 is 21.9 Å². The van der Waals surface area contributed by atoms with Gasteiger partial charge >= 0.3 is 5.97 Å². The molecule has 0 bridgehead atoms. The van der Waals surface area contributed by atoms with Crippen molar-refractivity contribution in [2.75, 3.05) is 13.7 Å². The van der Waals surface area contributed by atoms with Gasteiger partial charge in [0.25, 0.3) is 0 Å². The number of esters is 1. The van der Waals surface area contributed by atoms with E-state index in [0.717, 1.165) is 0 Å². The lowest BCUT2D eigenvalue weighted by molar-refractivity contribution is -0.142. The Morgan fingerprint density at radius 1 is 1.41 bits per heavy atom. The van der Waals surface area contributed by atoms with Crippen molar-refractivity contribution in [3.8, 4) is 5.75 Å². The summed E-state index contributed by atoms with van der Waals surface area (Å²) in [5, 5.41) is 0.388. The molecule has 0 amide bonds. The molecule has 0 fully saturated rings. The normalized spacial score (nSPS) is 10.1. The van der Waals surface area contributed by atoms with Gasteiger partial charge in [-0.2, -0.15) is 0 Å². The summed E-state index contributed by atoms with van der Waals surface area (Å²) in [6.45, 7) is 2.07. The maximum atomic E-state index is 13.5. The highest BCUT2D eigenvalue weighted by molar-refractivity contribution is 9.08. The standard InChI is InChI=1S/C12H14BrFO3/c1-3-17-12(15)5-8-4-9(7-13)10(14)6-11(8)16-2/h4,6H,3,5,7H2,1-2H3. The van der Waals surface area contributed by atoms with Crippen LogP contribution in [0, 0.1) is 5.82 Å². The Labute approximate surface area is 108 Å². The van der Waals surface area contributed by atoms with Gasteiger partial charge in [-0.15, -0.1) is 0 Å². The largest absolute Gasteiger partial charge is 0.496 e. The third-order valence-electron chi connectivity index (χ3n) is 2.23. The highest BCUT2D eigenvalue weighted by atomic mass is 79.9. The first-order valence-corrected chi connectivity index (χ1v) is 6.31. The van der Waals surface area contributed by atoms with Crippen LogP contribution in [0.5, 0.6) is 5.75 Å². The van der Waals surface area contributed by atoms with E-state index in [1.54, 1.807) is 13.0 Å². The molecular weight excluding hydrogens is 291 g/mol. The zero-order chi connectivity index (χ0) is 12.8. The average molecular weight is 305 g/mol. The number of carbonyl (C=O) groups excluding carboxylic acids is 1. The van der Waals surface area contributed by atoms with E-state index in [1.807, 2.05) is 0 Å². The molecule has 94 valence electrons. The fourth-order valence-corrected chi connectivity index (χ4v) is 1.88. The van der Waals surface area contributed by atoms with Gasteiger partial charge in [-0.3, -0.25) is 4.79 Å². The Morgan fingerprint density at radius 2 is 2.12 bits per heavy atom. The number of alkyl halides is 1. The molecule has 0 saturated carbocycles. The van der Waals surface area contributed by atoms with Crippen molar-refractivity contribution in [1.82, 2.24) is 0 Å². The molecular formula is C12H14BrFO3. The Kier molecular flexibility index (Phi) is 5.41. The van der Waals surface area contributed by atoms with Crippen LogP contribution in [0.3, 0.4) is 0 Å². The highest BCUT2D eigenvalue weighted by Gasteiger charge is 2.13. The van der Waals surface area contributed by atoms with Crippen molar-refractivity contribution in [1.29, 1.82) is 0 Å². The first kappa shape index (κ1) is 14.0. The van der Waals surface area contributed by atoms with Gasteiger partial charge in [0.2, 0.25) is 0 Å². The molecule has 0 radical (unpaired) electrons. The molecule has 1 rings (SSSR count). The third-order valence-corrected chi connectivity index (χ3v) is 2.84. The Morgan fingerprint density at radius 3 is 2.65 bits per heavy atom. The second kappa shape index (κ2) is 6.59. The van der Waals surface area contributed by atoms with Crippen LogP contribution in [0.25, 0.3) is 0 Å². The summed E-state index contributed by atoms with van der Waals surface area (Å²) in [4.78, 5) is 11.4. The molecule has 0 aromatic heterocycles. The molecule has 0 spiro atoms. The zero-order valence-corrected chi connectivity index (χ0v) is 11.3. The third kappa shape index (κ3) is 3.70. The Bertz CT molecular complexity index is 407. The van der Waals surface area contributed by atoms with Gasteiger partial charge in [-0.25, -0.2) is 4.39 Å². The molecule has 0 N–H and O–H groups in total. The molecule has 1 aromatic carbocycles. The fraction of sp³-hybridized carbons (Fsp3) is 0.417. The summed E-state index contributed by atoms with van der Waals surface area (Å²) >= 11 is 3.19. The molecule has 0 aliphatic heterocycles. The van der Waals surface area contributed by atoms with Crippen molar-refractivity contribution in [2.45, 2.75) is 18.7 Å². The van der Waals surface area contributed by atoms with Crippen LogP contribution in [0.2, 0.25) is 0 Å². The zero-order valence-electron chi connectivity index (χ0n) is 9.76. The van der Waals surface area contributed by atoms with Crippen LogP contribution < -0.4 is 4.74 Å². The van der Waals surface area contributed by atoms with Gasteiger partial charge in [0.05, 0.1) is 20.1 Å². The van der Waals surface area contributed by atoms with Crippen LogP contribution in [0.4, 0.5) is 4.39 Å². The summed E-state index contributed by atoms with van der Waals surface area (Å²) in [6, 6.07) is 2.89. The molecule has 0 unspecified atom stereocenters. The topological polar surface area (TPSA) is 35.5 Å². The first-order chi connectivity index (χ1) is 8.12. The van der Waals surface area contributed by atoms with Gasteiger partial charge in [0, 0.05) is 17.0 Å². The number of rotatable bonds is 5. The van der Waals surface area contributed by atoms with Crippen LogP contribution >= 0.6 is 15.9 Å². The monoisotopic (exact) mass is 304 g/mol. The second-order valence-corrected chi connectivity index (χ2v) is 3.93. The fourth-order valence-electron chi connectivity index (χ4n) is 1.45. The van der Waals surface area contributed by atoms with E-state index in [0.29, 0.717) is 28.8 Å². The number of halogens is 2. The number of ether oxygens (including phenoxy) is 2. The lowest BCUT2D eigenvalue weighted by Crippen LogP contribution is -2.09. The molecule has 0 heterocycles. The van der Waals surface area contributed by atoms with E-state index < -0.39 is 0 Å². The molecule has 0 saturated heterocycles. The molecule has 0 atom stereocenters. The molecule has 0 aliphatic carbocycles. The van der Waals surface area contributed by atoms with E-state index in [4.69, 9.17) is 9.47 Å². The lowest BCUT2D eigenvalue weighted by atomic mass is 10.1. The van der Waals surface area contributed by atoms with Gasteiger partial charge in [0.1, 0.15) is 11.6 Å². The van der Waals surface area contributed by atoms with Gasteiger partial charge in [0.15, 0.2) is 0 Å². The summed E-state index contributed by atoms with van der Waals surface area (Å²) in [5.74, 6) is -0.343. The van der Waals surface area contributed by atoms with E-state index in [9.17, 15) is 9.18 Å². The lowest BCUT2D eigenvalue weighted by Gasteiger charge is -2.10. The highest BCUT2D eigenvalue weighted by Crippen LogP contribution is 2.25. The predicted molar refractivity (Wildman–Crippen MR) is 65.9 cm³/mol. The molecule has 17 heavy (non-hydrogen) atoms. The smallest absolute Gasteiger partial charge is 0.310 e. The minimum absolute atomic E-state index is 0.0806. The van der Waals surface area contributed by atoms with Crippen LogP contribution in [-0.4, -0.2) is 19.7 Å². The summed E-state index contributed by atoms with van der Waals surface area (Å²) in [7, 11) is 1.44. The van der Waals surface area contributed by atoms with Crippen molar-refractivity contribution in [2.24, 2.45) is 0 Å². The van der Waals surface area contributed by atoms with E-state index >= 15 is 0 Å². The minimum Gasteiger partial charge on any atom is -0.496 e. The quantitative estimate of drug-likeness (QED) is 0.620. The predicted octanol–water partition coefficient (Wildman–Crippen LogP) is 2.83. The number of hydrogen-bond acceptors (Lipinski definition) is 3. The molecule has 5 heteroatoms. The first-order valence-electron chi connectivity index (χ1n) is 5.19. The number of hydrogen-bond donors (Lipinski definition) is 0. The number of methoxy groups -OCH3 is 1. The van der Waals surface area contributed by atoms with Crippen molar-refractivity contribution < 1.29 is 18.7 Å². The maximum Gasteiger partial charge on any atom is 0.310 e. The maximum absolute atomic E-state index is 13.5. The Balaban J connectivity index is 2.99. The van der Waals surface area contributed by atoms with Crippen LogP contribution in [-0.2, 0) is 21.3 Å². The van der Waals surface area contributed by atoms with Gasteiger partial charge in [-0.1, -0.05) is 15.9 Å². The SMILES string of the molecule is CCOC(=O)Cc1cc(CBr)c(F)cc1OC.